The molecule has 0 amide bonds. The molecule has 2 atom stereocenters. The Hall–Kier alpha value is -0.960. The molecular formula is C14H20ClFN2. The monoisotopic (exact) mass is 270 g/mol. The summed E-state index contributed by atoms with van der Waals surface area (Å²) in [5.74, 6) is 0.284. The molecule has 18 heavy (non-hydrogen) atoms. The van der Waals surface area contributed by atoms with Crippen LogP contribution in [0.3, 0.4) is 0 Å². The number of halogens is 2. The van der Waals surface area contributed by atoms with Gasteiger partial charge in [-0.1, -0.05) is 31.4 Å². The van der Waals surface area contributed by atoms with Gasteiger partial charge in [0, 0.05) is 19.2 Å². The lowest BCUT2D eigenvalue weighted by Crippen LogP contribution is -2.36. The topological polar surface area (TPSA) is 29.3 Å². The zero-order valence-corrected chi connectivity index (χ0v) is 11.7. The van der Waals surface area contributed by atoms with Crippen molar-refractivity contribution in [3.05, 3.63) is 23.0 Å². The van der Waals surface area contributed by atoms with Crippen LogP contribution in [0.25, 0.3) is 0 Å². The first-order valence-electron chi connectivity index (χ1n) is 6.46. The van der Waals surface area contributed by atoms with Crippen LogP contribution in [-0.4, -0.2) is 13.1 Å². The molecule has 2 N–H and O–H groups in total. The highest BCUT2D eigenvalue weighted by Crippen LogP contribution is 2.34. The van der Waals surface area contributed by atoms with Gasteiger partial charge in [-0.25, -0.2) is 4.39 Å². The summed E-state index contributed by atoms with van der Waals surface area (Å²) in [7, 11) is 2.02. The molecule has 1 fully saturated rings. The summed E-state index contributed by atoms with van der Waals surface area (Å²) in [5, 5.41) is 0.134. The van der Waals surface area contributed by atoms with Gasteiger partial charge in [0.05, 0.1) is 16.4 Å². The summed E-state index contributed by atoms with van der Waals surface area (Å²) in [6, 6.07) is 3.41. The Morgan fingerprint density at radius 2 is 2.11 bits per heavy atom. The van der Waals surface area contributed by atoms with Crippen molar-refractivity contribution in [2.45, 2.75) is 38.6 Å². The first-order chi connectivity index (χ1) is 8.49. The van der Waals surface area contributed by atoms with Gasteiger partial charge in [-0.3, -0.25) is 0 Å². The van der Waals surface area contributed by atoms with E-state index in [1.807, 2.05) is 7.05 Å². The largest absolute Gasteiger partial charge is 0.397 e. The van der Waals surface area contributed by atoms with E-state index < -0.39 is 5.82 Å². The molecule has 1 aliphatic rings. The molecule has 100 valence electrons. The summed E-state index contributed by atoms with van der Waals surface area (Å²) < 4.78 is 13.3. The minimum Gasteiger partial charge on any atom is -0.397 e. The Balaban J connectivity index is 2.22. The zero-order chi connectivity index (χ0) is 13.3. The predicted molar refractivity (Wildman–Crippen MR) is 75.6 cm³/mol. The molecule has 1 saturated carbocycles. The van der Waals surface area contributed by atoms with Crippen molar-refractivity contribution in [2.75, 3.05) is 17.7 Å². The molecular weight excluding hydrogens is 251 g/mol. The van der Waals surface area contributed by atoms with Crippen molar-refractivity contribution in [3.63, 3.8) is 0 Å². The Morgan fingerprint density at radius 3 is 2.78 bits per heavy atom. The van der Waals surface area contributed by atoms with Gasteiger partial charge in [0.25, 0.3) is 0 Å². The average molecular weight is 271 g/mol. The van der Waals surface area contributed by atoms with Crippen LogP contribution in [0.2, 0.25) is 5.02 Å². The van der Waals surface area contributed by atoms with Crippen LogP contribution in [0.5, 0.6) is 0 Å². The maximum Gasteiger partial charge on any atom is 0.143 e. The van der Waals surface area contributed by atoms with Gasteiger partial charge >= 0.3 is 0 Å². The molecule has 0 aliphatic heterocycles. The molecule has 1 aliphatic carbocycles. The van der Waals surface area contributed by atoms with Crippen LogP contribution in [0, 0.1) is 11.7 Å². The Morgan fingerprint density at radius 1 is 1.39 bits per heavy atom. The smallest absolute Gasteiger partial charge is 0.143 e. The quantitative estimate of drug-likeness (QED) is 0.821. The highest BCUT2D eigenvalue weighted by atomic mass is 35.5. The lowest BCUT2D eigenvalue weighted by atomic mass is 9.86. The minimum atomic E-state index is -0.455. The van der Waals surface area contributed by atoms with Crippen LogP contribution < -0.4 is 10.6 Å². The molecule has 0 spiro atoms. The number of benzene rings is 1. The molecule has 0 aromatic heterocycles. The third kappa shape index (κ3) is 2.72. The molecule has 0 heterocycles. The van der Waals surface area contributed by atoms with Crippen LogP contribution >= 0.6 is 11.6 Å². The standard InChI is InChI=1S/C14H20ClFN2/c1-9-4-3-5-10(6-9)18(2)14-7-11(15)12(16)8-13(14)17/h7-10H,3-6,17H2,1-2H3. The number of rotatable bonds is 2. The molecule has 2 nitrogen and oxygen atoms in total. The lowest BCUT2D eigenvalue weighted by molar-refractivity contribution is 0.336. The van der Waals surface area contributed by atoms with E-state index in [0.717, 1.165) is 24.4 Å². The van der Waals surface area contributed by atoms with Crippen LogP contribution in [-0.2, 0) is 0 Å². The minimum absolute atomic E-state index is 0.134. The van der Waals surface area contributed by atoms with Crippen molar-refractivity contribution in [3.8, 4) is 0 Å². The van der Waals surface area contributed by atoms with E-state index in [0.29, 0.717) is 11.7 Å². The number of nitrogen functional groups attached to an aromatic ring is 1. The van der Waals surface area contributed by atoms with Gasteiger partial charge in [-0.2, -0.15) is 0 Å². The number of anilines is 2. The Labute approximate surface area is 113 Å². The van der Waals surface area contributed by atoms with Crippen LogP contribution in [0.4, 0.5) is 15.8 Å². The van der Waals surface area contributed by atoms with Crippen molar-refractivity contribution < 1.29 is 4.39 Å². The van der Waals surface area contributed by atoms with E-state index in [-0.39, 0.29) is 5.02 Å². The van der Waals surface area contributed by atoms with E-state index in [1.165, 1.54) is 18.9 Å². The van der Waals surface area contributed by atoms with Crippen molar-refractivity contribution in [1.29, 1.82) is 0 Å². The first-order valence-corrected chi connectivity index (χ1v) is 6.84. The van der Waals surface area contributed by atoms with Gasteiger partial charge in [0.1, 0.15) is 5.82 Å². The fourth-order valence-electron chi connectivity index (χ4n) is 2.81. The van der Waals surface area contributed by atoms with E-state index in [1.54, 1.807) is 6.07 Å². The van der Waals surface area contributed by atoms with Crippen molar-refractivity contribution in [2.24, 2.45) is 5.92 Å². The second kappa shape index (κ2) is 5.35. The van der Waals surface area contributed by atoms with E-state index in [2.05, 4.69) is 11.8 Å². The van der Waals surface area contributed by atoms with Gasteiger partial charge in [-0.15, -0.1) is 0 Å². The maximum atomic E-state index is 13.3. The van der Waals surface area contributed by atoms with Crippen LogP contribution in [0.1, 0.15) is 32.6 Å². The SMILES string of the molecule is CC1CCCC(N(C)c2cc(Cl)c(F)cc2N)C1. The fraction of sp³-hybridized carbons (Fsp3) is 0.571. The highest BCUT2D eigenvalue weighted by molar-refractivity contribution is 6.31. The highest BCUT2D eigenvalue weighted by Gasteiger charge is 2.24. The molecule has 1 aromatic rings. The summed E-state index contributed by atoms with van der Waals surface area (Å²) in [6.45, 7) is 2.28. The number of hydrogen-bond donors (Lipinski definition) is 1. The zero-order valence-electron chi connectivity index (χ0n) is 10.9. The van der Waals surface area contributed by atoms with Gasteiger partial charge in [0.2, 0.25) is 0 Å². The maximum absolute atomic E-state index is 13.3. The number of nitrogens with two attached hydrogens (primary N) is 1. The van der Waals surface area contributed by atoms with Gasteiger partial charge in [-0.05, 0) is 24.8 Å². The molecule has 0 bridgehead atoms. The summed E-state index contributed by atoms with van der Waals surface area (Å²) in [6.07, 6.45) is 4.86. The molecule has 2 unspecified atom stereocenters. The van der Waals surface area contributed by atoms with Gasteiger partial charge in [0.15, 0.2) is 0 Å². The van der Waals surface area contributed by atoms with Crippen molar-refractivity contribution in [1.82, 2.24) is 0 Å². The molecule has 1 aromatic carbocycles. The second-order valence-electron chi connectivity index (χ2n) is 5.36. The predicted octanol–water partition coefficient (Wildman–Crippen LogP) is 4.08. The molecule has 4 heteroatoms. The van der Waals surface area contributed by atoms with E-state index in [9.17, 15) is 4.39 Å². The number of nitrogens with zero attached hydrogens (tertiary/aromatic N) is 1. The third-order valence-corrected chi connectivity index (χ3v) is 4.20. The molecule has 0 radical (unpaired) electrons. The fourth-order valence-corrected chi connectivity index (χ4v) is 2.97. The second-order valence-corrected chi connectivity index (χ2v) is 5.77. The van der Waals surface area contributed by atoms with Gasteiger partial charge < -0.3 is 10.6 Å². The van der Waals surface area contributed by atoms with Crippen LogP contribution in [0.15, 0.2) is 12.1 Å². The average Bonchev–Trinajstić information content (AvgIpc) is 2.33. The summed E-state index contributed by atoms with van der Waals surface area (Å²) in [4.78, 5) is 2.15. The molecule has 0 saturated heterocycles. The lowest BCUT2D eigenvalue weighted by Gasteiger charge is -2.36. The third-order valence-electron chi connectivity index (χ3n) is 3.91. The summed E-state index contributed by atoms with van der Waals surface area (Å²) in [5.41, 5.74) is 7.18. The Kier molecular flexibility index (Phi) is 4.00. The summed E-state index contributed by atoms with van der Waals surface area (Å²) >= 11 is 5.84. The molecule has 2 rings (SSSR count). The first kappa shape index (κ1) is 13.5. The van der Waals surface area contributed by atoms with Crippen molar-refractivity contribution >= 4 is 23.0 Å². The Bertz CT molecular complexity index is 436. The normalized spacial score (nSPS) is 24.0. The van der Waals surface area contributed by atoms with E-state index >= 15 is 0 Å². The number of hydrogen-bond acceptors (Lipinski definition) is 2. The van der Waals surface area contributed by atoms with E-state index in [4.69, 9.17) is 17.3 Å².